The first-order chi connectivity index (χ1) is 14.1. The monoisotopic (exact) mass is 417 g/mol. The lowest BCUT2D eigenvalue weighted by molar-refractivity contribution is 0.0968. The first-order valence-corrected chi connectivity index (χ1v) is 11.3. The number of aliphatic hydroxyl groups excluding tert-OH is 2. The third kappa shape index (κ3) is 5.67. The number of rotatable bonds is 3. The molecular formula is C26H40FNO2. The van der Waals surface area contributed by atoms with Crippen molar-refractivity contribution in [2.45, 2.75) is 93.3 Å². The van der Waals surface area contributed by atoms with E-state index in [0.717, 1.165) is 34.5 Å². The van der Waals surface area contributed by atoms with Gasteiger partial charge in [-0.3, -0.25) is 4.98 Å². The fourth-order valence-electron chi connectivity index (χ4n) is 4.14. The Bertz CT molecular complexity index is 813. The van der Waals surface area contributed by atoms with Crippen LogP contribution in [0.15, 0.2) is 24.3 Å². The predicted octanol–water partition coefficient (Wildman–Crippen LogP) is 6.79. The van der Waals surface area contributed by atoms with Crippen LogP contribution in [-0.2, 0) is 6.42 Å². The van der Waals surface area contributed by atoms with Crippen LogP contribution in [0.3, 0.4) is 0 Å². The van der Waals surface area contributed by atoms with E-state index in [9.17, 15) is 14.6 Å². The second-order valence-electron chi connectivity index (χ2n) is 8.57. The molecule has 3 nitrogen and oxygen atoms in total. The van der Waals surface area contributed by atoms with Crippen LogP contribution in [0, 0.1) is 18.2 Å². The van der Waals surface area contributed by atoms with E-state index >= 15 is 0 Å². The van der Waals surface area contributed by atoms with E-state index in [4.69, 9.17) is 4.98 Å². The van der Waals surface area contributed by atoms with Crippen LogP contribution in [0.25, 0.3) is 0 Å². The number of nitrogens with zero attached hydrogens (tertiary/aromatic N) is 1. The second kappa shape index (κ2) is 11.0. The van der Waals surface area contributed by atoms with E-state index < -0.39 is 12.2 Å². The molecule has 1 unspecified atom stereocenters. The second-order valence-corrected chi connectivity index (χ2v) is 8.57. The molecule has 2 aromatic rings. The summed E-state index contributed by atoms with van der Waals surface area (Å²) in [5.41, 5.74) is 4.90. The maximum Gasteiger partial charge on any atom is 0.123 e. The summed E-state index contributed by atoms with van der Waals surface area (Å²) in [7, 11) is 0. The van der Waals surface area contributed by atoms with E-state index in [0.29, 0.717) is 12.0 Å². The molecule has 1 aromatic carbocycles. The molecule has 4 heteroatoms. The van der Waals surface area contributed by atoms with E-state index in [1.807, 2.05) is 34.6 Å². The Morgan fingerprint density at radius 2 is 1.60 bits per heavy atom. The number of hydrogen-bond acceptors (Lipinski definition) is 3. The van der Waals surface area contributed by atoms with Crippen LogP contribution in [0.4, 0.5) is 4.39 Å². The van der Waals surface area contributed by atoms with Crippen LogP contribution in [0.5, 0.6) is 0 Å². The summed E-state index contributed by atoms with van der Waals surface area (Å²) in [6.45, 7) is 18.4. The molecule has 1 heterocycles. The Hall–Kier alpha value is -1.78. The van der Waals surface area contributed by atoms with Crippen molar-refractivity contribution >= 4 is 0 Å². The molecule has 168 valence electrons. The van der Waals surface area contributed by atoms with Gasteiger partial charge in [-0.15, -0.1) is 0 Å². The van der Waals surface area contributed by atoms with Gasteiger partial charge >= 0.3 is 0 Å². The summed E-state index contributed by atoms with van der Waals surface area (Å²) >= 11 is 0. The van der Waals surface area contributed by atoms with Crippen LogP contribution in [0.2, 0.25) is 0 Å². The highest BCUT2D eigenvalue weighted by Crippen LogP contribution is 2.44. The SMILES string of the molecule is CC.CC.Cc1c2c(nc(C(C)C)c1[C@@H](O)c1ccc(F)cc1)CC(C)(C)CC2O. The van der Waals surface area contributed by atoms with Crippen molar-refractivity contribution in [2.75, 3.05) is 0 Å². The molecule has 30 heavy (non-hydrogen) atoms. The molecule has 0 amide bonds. The number of pyridine rings is 1. The molecule has 1 aromatic heterocycles. The van der Waals surface area contributed by atoms with Crippen molar-refractivity contribution in [1.82, 2.24) is 4.98 Å². The molecule has 2 atom stereocenters. The highest BCUT2D eigenvalue weighted by molar-refractivity contribution is 5.47. The van der Waals surface area contributed by atoms with Gasteiger partial charge in [-0.2, -0.15) is 0 Å². The van der Waals surface area contributed by atoms with Gasteiger partial charge in [0, 0.05) is 22.5 Å². The van der Waals surface area contributed by atoms with Crippen molar-refractivity contribution in [3.8, 4) is 0 Å². The zero-order valence-corrected chi connectivity index (χ0v) is 20.2. The number of hydrogen-bond donors (Lipinski definition) is 2. The fourth-order valence-corrected chi connectivity index (χ4v) is 4.14. The highest BCUT2D eigenvalue weighted by Gasteiger charge is 2.36. The van der Waals surface area contributed by atoms with Gasteiger partial charge in [-0.1, -0.05) is 67.5 Å². The largest absolute Gasteiger partial charge is 0.388 e. The Morgan fingerprint density at radius 3 is 2.10 bits per heavy atom. The predicted molar refractivity (Wildman–Crippen MR) is 123 cm³/mol. The topological polar surface area (TPSA) is 53.4 Å². The number of aromatic nitrogens is 1. The molecule has 0 saturated heterocycles. The summed E-state index contributed by atoms with van der Waals surface area (Å²) in [6.07, 6.45) is 0.0113. The van der Waals surface area contributed by atoms with Crippen LogP contribution in [-0.4, -0.2) is 15.2 Å². The summed E-state index contributed by atoms with van der Waals surface area (Å²) in [6, 6.07) is 5.91. The van der Waals surface area contributed by atoms with Crippen molar-refractivity contribution in [2.24, 2.45) is 5.41 Å². The van der Waals surface area contributed by atoms with Crippen LogP contribution in [0.1, 0.15) is 114 Å². The van der Waals surface area contributed by atoms with Gasteiger partial charge in [0.15, 0.2) is 0 Å². The minimum Gasteiger partial charge on any atom is -0.388 e. The molecule has 0 saturated carbocycles. The third-order valence-electron chi connectivity index (χ3n) is 5.38. The van der Waals surface area contributed by atoms with Crippen molar-refractivity contribution < 1.29 is 14.6 Å². The van der Waals surface area contributed by atoms with Crippen molar-refractivity contribution in [3.63, 3.8) is 0 Å². The van der Waals surface area contributed by atoms with E-state index in [-0.39, 0.29) is 17.2 Å². The molecule has 2 N–H and O–H groups in total. The molecule has 1 aliphatic rings. The van der Waals surface area contributed by atoms with Crippen LogP contribution >= 0.6 is 0 Å². The average Bonchev–Trinajstić information content (AvgIpc) is 2.69. The smallest absolute Gasteiger partial charge is 0.123 e. The minimum absolute atomic E-state index is 0.00278. The lowest BCUT2D eigenvalue weighted by Crippen LogP contribution is -2.29. The van der Waals surface area contributed by atoms with Crippen LogP contribution < -0.4 is 0 Å². The number of halogens is 1. The third-order valence-corrected chi connectivity index (χ3v) is 5.38. The lowest BCUT2D eigenvalue weighted by atomic mass is 9.72. The minimum atomic E-state index is -0.895. The van der Waals surface area contributed by atoms with E-state index in [1.165, 1.54) is 12.1 Å². The molecule has 1 aliphatic carbocycles. The Balaban J connectivity index is 0.00000106. The van der Waals surface area contributed by atoms with Crippen molar-refractivity contribution in [3.05, 3.63) is 63.7 Å². The number of aliphatic hydroxyl groups is 2. The van der Waals surface area contributed by atoms with Gasteiger partial charge in [-0.25, -0.2) is 4.39 Å². The maximum atomic E-state index is 13.3. The van der Waals surface area contributed by atoms with Gasteiger partial charge in [0.25, 0.3) is 0 Å². The molecule has 0 spiro atoms. The fraction of sp³-hybridized carbons (Fsp3) is 0.577. The standard InChI is InChI=1S/C22H28FNO2.2C2H6/c1-12(2)20-19(21(26)14-6-8-15(23)9-7-14)13(3)18-16(24-20)10-22(4,5)11-17(18)25;2*1-2/h6-9,12,17,21,25-26H,10-11H2,1-5H3;2*1-2H3/t17?,21-;;/m0../s1. The maximum absolute atomic E-state index is 13.3. The number of benzene rings is 1. The molecule has 3 rings (SSSR count). The first-order valence-electron chi connectivity index (χ1n) is 11.3. The molecule has 0 fully saturated rings. The average molecular weight is 418 g/mol. The summed E-state index contributed by atoms with van der Waals surface area (Å²) in [4.78, 5) is 4.89. The van der Waals surface area contributed by atoms with Gasteiger partial charge in [0.2, 0.25) is 0 Å². The van der Waals surface area contributed by atoms with E-state index in [1.54, 1.807) is 12.1 Å². The first kappa shape index (κ1) is 26.3. The van der Waals surface area contributed by atoms with Crippen molar-refractivity contribution in [1.29, 1.82) is 0 Å². The van der Waals surface area contributed by atoms with Gasteiger partial charge in [0.05, 0.1) is 6.10 Å². The number of fused-ring (bicyclic) bond motifs is 1. The van der Waals surface area contributed by atoms with Gasteiger partial charge in [-0.05, 0) is 54.4 Å². The molecule has 0 bridgehead atoms. The summed E-state index contributed by atoms with van der Waals surface area (Å²) in [5, 5.41) is 21.8. The van der Waals surface area contributed by atoms with Gasteiger partial charge < -0.3 is 10.2 Å². The Morgan fingerprint density at radius 1 is 1.07 bits per heavy atom. The summed E-state index contributed by atoms with van der Waals surface area (Å²) < 4.78 is 13.3. The lowest BCUT2D eigenvalue weighted by Gasteiger charge is -2.36. The Labute approximate surface area is 182 Å². The molecule has 0 radical (unpaired) electrons. The molecular weight excluding hydrogens is 377 g/mol. The van der Waals surface area contributed by atoms with Gasteiger partial charge in [0.1, 0.15) is 11.9 Å². The zero-order chi connectivity index (χ0) is 23.2. The zero-order valence-electron chi connectivity index (χ0n) is 20.2. The summed E-state index contributed by atoms with van der Waals surface area (Å²) in [5.74, 6) is -0.200. The highest BCUT2D eigenvalue weighted by atomic mass is 19.1. The normalized spacial score (nSPS) is 17.8. The van der Waals surface area contributed by atoms with E-state index in [2.05, 4.69) is 27.7 Å². The Kier molecular flexibility index (Phi) is 9.64. The molecule has 0 aliphatic heterocycles. The quantitative estimate of drug-likeness (QED) is 0.578.